The summed E-state index contributed by atoms with van der Waals surface area (Å²) in [4.78, 5) is 14.9. The van der Waals surface area contributed by atoms with Crippen LogP contribution < -0.4 is 9.47 Å². The molecule has 2 aliphatic rings. The molecule has 0 N–H and O–H groups in total. The van der Waals surface area contributed by atoms with Crippen molar-refractivity contribution in [3.8, 4) is 11.5 Å². The second-order valence-electron chi connectivity index (χ2n) is 6.44. The van der Waals surface area contributed by atoms with Gasteiger partial charge in [-0.25, -0.2) is 0 Å². The summed E-state index contributed by atoms with van der Waals surface area (Å²) in [5.41, 5.74) is 3.67. The van der Waals surface area contributed by atoms with E-state index in [9.17, 15) is 4.79 Å². The number of fused-ring (bicyclic) bond motifs is 2. The Kier molecular flexibility index (Phi) is 3.89. The third-order valence-electron chi connectivity index (χ3n) is 4.97. The monoisotopic (exact) mass is 323 g/mol. The van der Waals surface area contributed by atoms with Crippen LogP contribution >= 0.6 is 0 Å². The fraction of sp³-hybridized carbons (Fsp3) is 0.350. The van der Waals surface area contributed by atoms with Crippen molar-refractivity contribution >= 4 is 5.91 Å². The normalized spacial score (nSPS) is 19.0. The third kappa shape index (κ3) is 2.62. The second-order valence-corrected chi connectivity index (χ2v) is 6.44. The number of carbonyl (C=O) groups is 1. The Morgan fingerprint density at radius 2 is 1.92 bits per heavy atom. The van der Waals surface area contributed by atoms with Crippen LogP contribution in [0, 0.1) is 5.92 Å². The minimum absolute atomic E-state index is 0.116. The van der Waals surface area contributed by atoms with E-state index >= 15 is 0 Å². The number of carbonyl (C=O) groups excluding carboxylic acids is 1. The van der Waals surface area contributed by atoms with Gasteiger partial charge in [0.1, 0.15) is 6.61 Å². The molecule has 2 aliphatic heterocycles. The first-order valence-electron chi connectivity index (χ1n) is 8.40. The maximum Gasteiger partial charge on any atom is 0.229 e. The van der Waals surface area contributed by atoms with Crippen molar-refractivity contribution in [1.82, 2.24) is 4.90 Å². The summed E-state index contributed by atoms with van der Waals surface area (Å²) >= 11 is 0. The van der Waals surface area contributed by atoms with Crippen LogP contribution in [-0.4, -0.2) is 31.1 Å². The van der Waals surface area contributed by atoms with E-state index in [1.165, 1.54) is 11.1 Å². The van der Waals surface area contributed by atoms with Gasteiger partial charge in [0.05, 0.1) is 13.0 Å². The smallest absolute Gasteiger partial charge is 0.229 e. The second kappa shape index (κ2) is 6.19. The van der Waals surface area contributed by atoms with E-state index in [1.54, 1.807) is 7.11 Å². The predicted molar refractivity (Wildman–Crippen MR) is 91.2 cm³/mol. The van der Waals surface area contributed by atoms with Crippen LogP contribution in [0.5, 0.6) is 11.5 Å². The van der Waals surface area contributed by atoms with Crippen LogP contribution in [-0.2, 0) is 24.2 Å². The standard InChI is InChI=1S/C20H21NO3/c1-23-18-8-4-7-15-11-17(13-24-19(15)18)20(22)21-10-9-14-5-2-3-6-16(14)12-21/h2-8,17H,9-13H2,1H3/t17-/m0/s1. The quantitative estimate of drug-likeness (QED) is 0.853. The van der Waals surface area contributed by atoms with Gasteiger partial charge in [-0.15, -0.1) is 0 Å². The molecule has 0 aromatic heterocycles. The fourth-order valence-electron chi connectivity index (χ4n) is 3.66. The highest BCUT2D eigenvalue weighted by molar-refractivity contribution is 5.80. The SMILES string of the molecule is COc1cccc2c1OC[C@@H](C(=O)N1CCc3ccccc3C1)C2. The number of para-hydroxylation sites is 1. The predicted octanol–water partition coefficient (Wildman–Crippen LogP) is 2.83. The van der Waals surface area contributed by atoms with Gasteiger partial charge in [-0.1, -0.05) is 36.4 Å². The number of ether oxygens (including phenoxy) is 2. The lowest BCUT2D eigenvalue weighted by atomic mass is 9.93. The Labute approximate surface area is 142 Å². The molecule has 1 amide bonds. The van der Waals surface area contributed by atoms with Crippen LogP contribution in [0.1, 0.15) is 16.7 Å². The zero-order valence-electron chi connectivity index (χ0n) is 13.8. The maximum absolute atomic E-state index is 12.9. The first-order valence-corrected chi connectivity index (χ1v) is 8.40. The van der Waals surface area contributed by atoms with E-state index in [1.807, 2.05) is 29.2 Å². The van der Waals surface area contributed by atoms with Crippen molar-refractivity contribution in [2.45, 2.75) is 19.4 Å². The van der Waals surface area contributed by atoms with Crippen molar-refractivity contribution < 1.29 is 14.3 Å². The third-order valence-corrected chi connectivity index (χ3v) is 4.97. The highest BCUT2D eigenvalue weighted by Crippen LogP contribution is 2.36. The Hall–Kier alpha value is -2.49. The highest BCUT2D eigenvalue weighted by Gasteiger charge is 2.32. The Morgan fingerprint density at radius 3 is 2.75 bits per heavy atom. The van der Waals surface area contributed by atoms with Gasteiger partial charge < -0.3 is 14.4 Å². The first-order chi connectivity index (χ1) is 11.8. The maximum atomic E-state index is 12.9. The van der Waals surface area contributed by atoms with Gasteiger partial charge >= 0.3 is 0 Å². The number of rotatable bonds is 2. The van der Waals surface area contributed by atoms with Gasteiger partial charge in [0.2, 0.25) is 5.91 Å². The number of hydrogen-bond donors (Lipinski definition) is 0. The molecule has 0 fully saturated rings. The Morgan fingerprint density at radius 1 is 1.12 bits per heavy atom. The van der Waals surface area contributed by atoms with Crippen molar-refractivity contribution in [3.63, 3.8) is 0 Å². The van der Waals surface area contributed by atoms with E-state index in [-0.39, 0.29) is 11.8 Å². The average Bonchev–Trinajstić information content (AvgIpc) is 2.66. The lowest BCUT2D eigenvalue weighted by Crippen LogP contribution is -2.43. The van der Waals surface area contributed by atoms with Crippen molar-refractivity contribution in [2.24, 2.45) is 5.92 Å². The number of benzene rings is 2. The van der Waals surface area contributed by atoms with E-state index in [2.05, 4.69) is 18.2 Å². The summed E-state index contributed by atoms with van der Waals surface area (Å²) in [5.74, 6) is 1.60. The van der Waals surface area contributed by atoms with Crippen molar-refractivity contribution in [3.05, 3.63) is 59.2 Å². The van der Waals surface area contributed by atoms with Crippen LogP contribution in [0.15, 0.2) is 42.5 Å². The molecule has 4 heteroatoms. The molecule has 0 saturated carbocycles. The van der Waals surface area contributed by atoms with E-state index in [0.717, 1.165) is 30.0 Å². The lowest BCUT2D eigenvalue weighted by Gasteiger charge is -2.33. The number of methoxy groups -OCH3 is 1. The summed E-state index contributed by atoms with van der Waals surface area (Å²) < 4.78 is 11.2. The number of hydrogen-bond acceptors (Lipinski definition) is 3. The van der Waals surface area contributed by atoms with Gasteiger partial charge in [-0.2, -0.15) is 0 Å². The largest absolute Gasteiger partial charge is 0.493 e. The molecule has 0 aliphatic carbocycles. The molecule has 2 aromatic rings. The van der Waals surface area contributed by atoms with Crippen LogP contribution in [0.25, 0.3) is 0 Å². The Balaban J connectivity index is 1.50. The topological polar surface area (TPSA) is 38.8 Å². The first kappa shape index (κ1) is 15.1. The molecule has 124 valence electrons. The minimum Gasteiger partial charge on any atom is -0.493 e. The molecule has 0 spiro atoms. The summed E-state index contributed by atoms with van der Waals surface area (Å²) in [5, 5.41) is 0. The van der Waals surface area contributed by atoms with E-state index < -0.39 is 0 Å². The van der Waals surface area contributed by atoms with E-state index in [0.29, 0.717) is 19.6 Å². The fourth-order valence-corrected chi connectivity index (χ4v) is 3.66. The minimum atomic E-state index is -0.116. The lowest BCUT2D eigenvalue weighted by molar-refractivity contribution is -0.137. The molecule has 1 atom stereocenters. The molecule has 2 aromatic carbocycles. The summed E-state index contributed by atoms with van der Waals surface area (Å²) in [6, 6.07) is 14.2. The van der Waals surface area contributed by atoms with Crippen LogP contribution in [0.2, 0.25) is 0 Å². The van der Waals surface area contributed by atoms with Gasteiger partial charge in [0, 0.05) is 13.1 Å². The molecule has 24 heavy (non-hydrogen) atoms. The molecule has 0 bridgehead atoms. The molecule has 2 heterocycles. The Bertz CT molecular complexity index is 771. The molecule has 4 nitrogen and oxygen atoms in total. The average molecular weight is 323 g/mol. The molecule has 0 radical (unpaired) electrons. The summed E-state index contributed by atoms with van der Waals surface area (Å²) in [6.07, 6.45) is 1.64. The number of amides is 1. The van der Waals surface area contributed by atoms with Gasteiger partial charge in [0.25, 0.3) is 0 Å². The van der Waals surface area contributed by atoms with Gasteiger partial charge in [-0.3, -0.25) is 4.79 Å². The van der Waals surface area contributed by atoms with Crippen LogP contribution in [0.3, 0.4) is 0 Å². The van der Waals surface area contributed by atoms with Gasteiger partial charge in [-0.05, 0) is 35.6 Å². The summed E-state index contributed by atoms with van der Waals surface area (Å²) in [7, 11) is 1.64. The molecule has 4 rings (SSSR count). The van der Waals surface area contributed by atoms with E-state index in [4.69, 9.17) is 9.47 Å². The molecular formula is C20H21NO3. The van der Waals surface area contributed by atoms with Gasteiger partial charge in [0.15, 0.2) is 11.5 Å². The number of nitrogens with zero attached hydrogens (tertiary/aromatic N) is 1. The van der Waals surface area contributed by atoms with Crippen LogP contribution in [0.4, 0.5) is 0 Å². The summed E-state index contributed by atoms with van der Waals surface area (Å²) in [6.45, 7) is 1.91. The zero-order chi connectivity index (χ0) is 16.5. The van der Waals surface area contributed by atoms with Crippen molar-refractivity contribution in [2.75, 3.05) is 20.3 Å². The highest BCUT2D eigenvalue weighted by atomic mass is 16.5. The molecular weight excluding hydrogens is 302 g/mol. The van der Waals surface area contributed by atoms with Crippen molar-refractivity contribution in [1.29, 1.82) is 0 Å². The molecule has 0 unspecified atom stereocenters. The molecule has 0 saturated heterocycles. The zero-order valence-corrected chi connectivity index (χ0v) is 13.8.